The average Bonchev–Trinajstić information content (AvgIpc) is 2.41. The summed E-state index contributed by atoms with van der Waals surface area (Å²) in [6.07, 6.45) is 0. The van der Waals surface area contributed by atoms with Crippen LogP contribution in [0.25, 0.3) is 0 Å². The fourth-order valence-electron chi connectivity index (χ4n) is 2.17. The zero-order valence-electron chi connectivity index (χ0n) is 12.3. The van der Waals surface area contributed by atoms with Gasteiger partial charge in [0.05, 0.1) is 18.3 Å². The lowest BCUT2D eigenvalue weighted by Gasteiger charge is -2.25. The van der Waals surface area contributed by atoms with Crippen molar-refractivity contribution in [1.82, 2.24) is 4.90 Å². The molecule has 0 bridgehead atoms. The third-order valence-electron chi connectivity index (χ3n) is 3.33. The fourth-order valence-corrected chi connectivity index (χ4v) is 2.17. The number of Topliss-reactive ketones (excluding diaryl/α,β-unsaturated/α-hetero) is 1. The number of rotatable bonds is 7. The minimum atomic E-state index is -0.132. The van der Waals surface area contributed by atoms with E-state index in [1.165, 1.54) is 0 Å². The zero-order valence-corrected chi connectivity index (χ0v) is 12.3. The van der Waals surface area contributed by atoms with E-state index >= 15 is 0 Å². The van der Waals surface area contributed by atoms with Gasteiger partial charge in [-0.25, -0.2) is 0 Å². The highest BCUT2D eigenvalue weighted by atomic mass is 16.5. The minimum Gasteiger partial charge on any atom is -0.492 e. The third kappa shape index (κ3) is 3.70. The van der Waals surface area contributed by atoms with Crippen LogP contribution in [0.15, 0.2) is 18.2 Å². The largest absolute Gasteiger partial charge is 0.492 e. The predicted octanol–water partition coefficient (Wildman–Crippen LogP) is 2.58. The van der Waals surface area contributed by atoms with Crippen molar-refractivity contribution < 1.29 is 9.53 Å². The Bertz CT molecular complexity index is 428. The molecule has 1 aromatic carbocycles. The van der Waals surface area contributed by atoms with Gasteiger partial charge in [-0.05, 0) is 45.1 Å². The van der Waals surface area contributed by atoms with Gasteiger partial charge in [-0.1, -0.05) is 13.8 Å². The van der Waals surface area contributed by atoms with Crippen LogP contribution in [0.1, 0.15) is 38.1 Å². The molecule has 1 rings (SSSR count). The van der Waals surface area contributed by atoms with Gasteiger partial charge in [-0.2, -0.15) is 0 Å². The molecule has 19 heavy (non-hydrogen) atoms. The number of nitrogens with two attached hydrogens (primary N) is 1. The highest BCUT2D eigenvalue weighted by Crippen LogP contribution is 2.23. The van der Waals surface area contributed by atoms with Crippen molar-refractivity contribution in [3.63, 3.8) is 0 Å². The van der Waals surface area contributed by atoms with Crippen molar-refractivity contribution >= 4 is 11.5 Å². The molecule has 0 aliphatic carbocycles. The van der Waals surface area contributed by atoms with E-state index in [0.29, 0.717) is 23.6 Å². The van der Waals surface area contributed by atoms with Crippen molar-refractivity contribution in [1.29, 1.82) is 0 Å². The Morgan fingerprint density at radius 3 is 2.42 bits per heavy atom. The number of nitrogens with zero attached hydrogens (tertiary/aromatic N) is 1. The van der Waals surface area contributed by atoms with Crippen molar-refractivity contribution in [2.45, 2.75) is 33.7 Å². The van der Waals surface area contributed by atoms with Crippen LogP contribution in [0.2, 0.25) is 0 Å². The van der Waals surface area contributed by atoms with Gasteiger partial charge >= 0.3 is 0 Å². The summed E-state index contributed by atoms with van der Waals surface area (Å²) in [5.41, 5.74) is 7.05. The standard InChI is InChI=1S/C15H24N2O2/c1-5-17(6-2)11(4)15(18)12-8-9-14(19-7-3)13(16)10-12/h8-11H,5-7,16H2,1-4H3. The van der Waals surface area contributed by atoms with Crippen LogP contribution in [-0.4, -0.2) is 36.4 Å². The van der Waals surface area contributed by atoms with Gasteiger partial charge in [0.25, 0.3) is 0 Å². The van der Waals surface area contributed by atoms with Gasteiger partial charge in [-0.3, -0.25) is 9.69 Å². The Labute approximate surface area is 115 Å². The van der Waals surface area contributed by atoms with Gasteiger partial charge < -0.3 is 10.5 Å². The molecule has 2 N–H and O–H groups in total. The molecule has 1 unspecified atom stereocenters. The zero-order chi connectivity index (χ0) is 14.4. The van der Waals surface area contributed by atoms with Crippen LogP contribution >= 0.6 is 0 Å². The second-order valence-electron chi connectivity index (χ2n) is 4.45. The van der Waals surface area contributed by atoms with Crippen molar-refractivity contribution in [3.05, 3.63) is 23.8 Å². The summed E-state index contributed by atoms with van der Waals surface area (Å²) < 4.78 is 5.37. The first-order chi connectivity index (χ1) is 9.04. The molecule has 0 aliphatic rings. The van der Waals surface area contributed by atoms with Crippen molar-refractivity contribution in [3.8, 4) is 5.75 Å². The minimum absolute atomic E-state index is 0.0958. The molecule has 0 radical (unpaired) electrons. The number of likely N-dealkylation sites (N-methyl/N-ethyl adjacent to an activating group) is 1. The number of benzene rings is 1. The number of carbonyl (C=O) groups excluding carboxylic acids is 1. The maximum absolute atomic E-state index is 12.4. The Hall–Kier alpha value is -1.55. The van der Waals surface area contributed by atoms with Crippen LogP contribution in [0.3, 0.4) is 0 Å². The molecule has 1 aromatic rings. The number of anilines is 1. The Morgan fingerprint density at radius 2 is 1.95 bits per heavy atom. The van der Waals surface area contributed by atoms with Crippen LogP contribution in [-0.2, 0) is 0 Å². The molecule has 4 nitrogen and oxygen atoms in total. The first-order valence-corrected chi connectivity index (χ1v) is 6.85. The van der Waals surface area contributed by atoms with Crippen LogP contribution in [0, 0.1) is 0 Å². The Morgan fingerprint density at radius 1 is 1.32 bits per heavy atom. The molecule has 0 spiro atoms. The topological polar surface area (TPSA) is 55.6 Å². The maximum Gasteiger partial charge on any atom is 0.179 e. The molecule has 106 valence electrons. The summed E-state index contributed by atoms with van der Waals surface area (Å²) in [7, 11) is 0. The van der Waals surface area contributed by atoms with Gasteiger partial charge in [0, 0.05) is 5.56 Å². The Kier molecular flexibility index (Phi) is 5.83. The molecular weight excluding hydrogens is 240 g/mol. The second-order valence-corrected chi connectivity index (χ2v) is 4.45. The number of ketones is 1. The summed E-state index contributed by atoms with van der Waals surface area (Å²) in [6.45, 7) is 10.2. The first-order valence-electron chi connectivity index (χ1n) is 6.85. The van der Waals surface area contributed by atoms with Crippen molar-refractivity contribution in [2.24, 2.45) is 0 Å². The van der Waals surface area contributed by atoms with Crippen LogP contribution < -0.4 is 10.5 Å². The summed E-state index contributed by atoms with van der Waals surface area (Å²) in [4.78, 5) is 14.5. The molecule has 1 atom stereocenters. The average molecular weight is 264 g/mol. The highest BCUT2D eigenvalue weighted by molar-refractivity contribution is 6.00. The van der Waals surface area contributed by atoms with Gasteiger partial charge in [0.15, 0.2) is 5.78 Å². The monoisotopic (exact) mass is 264 g/mol. The number of hydrogen-bond donors (Lipinski definition) is 1. The molecule has 0 saturated heterocycles. The molecular formula is C15H24N2O2. The molecule has 4 heteroatoms. The number of carbonyl (C=O) groups is 1. The Balaban J connectivity index is 2.91. The lowest BCUT2D eigenvalue weighted by Crippen LogP contribution is -2.38. The third-order valence-corrected chi connectivity index (χ3v) is 3.33. The lowest BCUT2D eigenvalue weighted by molar-refractivity contribution is 0.0851. The quantitative estimate of drug-likeness (QED) is 0.607. The molecule has 0 aliphatic heterocycles. The van der Waals surface area contributed by atoms with E-state index in [1.807, 2.05) is 13.8 Å². The molecule has 0 amide bonds. The molecule has 0 heterocycles. The molecule has 0 saturated carbocycles. The van der Waals surface area contributed by atoms with E-state index < -0.39 is 0 Å². The fraction of sp³-hybridized carbons (Fsp3) is 0.533. The SMILES string of the molecule is CCOc1ccc(C(=O)C(C)N(CC)CC)cc1N. The number of nitrogen functional groups attached to an aromatic ring is 1. The van der Waals surface area contributed by atoms with Gasteiger partial charge in [0.2, 0.25) is 0 Å². The lowest BCUT2D eigenvalue weighted by atomic mass is 10.0. The van der Waals surface area contributed by atoms with E-state index in [1.54, 1.807) is 18.2 Å². The van der Waals surface area contributed by atoms with E-state index in [2.05, 4.69) is 18.7 Å². The second kappa shape index (κ2) is 7.14. The highest BCUT2D eigenvalue weighted by Gasteiger charge is 2.20. The van der Waals surface area contributed by atoms with E-state index in [-0.39, 0.29) is 11.8 Å². The normalized spacial score (nSPS) is 12.5. The van der Waals surface area contributed by atoms with Crippen LogP contribution in [0.4, 0.5) is 5.69 Å². The molecule has 0 fully saturated rings. The number of hydrogen-bond acceptors (Lipinski definition) is 4. The maximum atomic E-state index is 12.4. The summed E-state index contributed by atoms with van der Waals surface area (Å²) in [6, 6.07) is 5.12. The number of ether oxygens (including phenoxy) is 1. The summed E-state index contributed by atoms with van der Waals surface area (Å²) >= 11 is 0. The van der Waals surface area contributed by atoms with E-state index in [4.69, 9.17) is 10.5 Å². The van der Waals surface area contributed by atoms with E-state index in [0.717, 1.165) is 13.1 Å². The molecule has 0 aromatic heterocycles. The van der Waals surface area contributed by atoms with Crippen LogP contribution in [0.5, 0.6) is 5.75 Å². The smallest absolute Gasteiger partial charge is 0.179 e. The predicted molar refractivity (Wildman–Crippen MR) is 78.7 cm³/mol. The summed E-state index contributed by atoms with van der Waals surface area (Å²) in [5.74, 6) is 0.730. The summed E-state index contributed by atoms with van der Waals surface area (Å²) in [5, 5.41) is 0. The first kappa shape index (κ1) is 15.5. The van der Waals surface area contributed by atoms with Gasteiger partial charge in [0.1, 0.15) is 5.75 Å². The van der Waals surface area contributed by atoms with E-state index in [9.17, 15) is 4.79 Å². The van der Waals surface area contributed by atoms with Gasteiger partial charge in [-0.15, -0.1) is 0 Å². The van der Waals surface area contributed by atoms with Crippen molar-refractivity contribution in [2.75, 3.05) is 25.4 Å².